The van der Waals surface area contributed by atoms with Crippen LogP contribution in [0.5, 0.6) is 5.75 Å². The number of amides is 1. The van der Waals surface area contributed by atoms with E-state index >= 15 is 0 Å². The van der Waals surface area contributed by atoms with Crippen molar-refractivity contribution in [2.75, 3.05) is 56.9 Å². The van der Waals surface area contributed by atoms with Gasteiger partial charge < -0.3 is 30.2 Å². The summed E-state index contributed by atoms with van der Waals surface area (Å²) >= 11 is 0. The maximum atomic E-state index is 12.2. The molecule has 0 fully saturated rings. The fraction of sp³-hybridized carbons (Fsp3) is 0.280. The number of carbonyl (C=O) groups is 1. The van der Waals surface area contributed by atoms with Gasteiger partial charge in [0.2, 0.25) is 11.9 Å². The van der Waals surface area contributed by atoms with Crippen LogP contribution in [0, 0.1) is 0 Å². The Balaban J connectivity index is 1.76. The summed E-state index contributed by atoms with van der Waals surface area (Å²) in [5.41, 5.74) is 4.33. The van der Waals surface area contributed by atoms with Crippen LogP contribution in [0.1, 0.15) is 0 Å². The summed E-state index contributed by atoms with van der Waals surface area (Å²) in [6.45, 7) is 5.17. The van der Waals surface area contributed by atoms with E-state index in [4.69, 9.17) is 9.72 Å². The molecule has 0 atom stereocenters. The summed E-state index contributed by atoms with van der Waals surface area (Å²) in [7, 11) is 9.46. The molecule has 11 nitrogen and oxygen atoms in total. The van der Waals surface area contributed by atoms with Crippen molar-refractivity contribution in [2.24, 2.45) is 7.05 Å². The lowest BCUT2D eigenvalue weighted by atomic mass is 10.2. The summed E-state index contributed by atoms with van der Waals surface area (Å²) < 4.78 is 7.43. The van der Waals surface area contributed by atoms with E-state index in [1.54, 1.807) is 18.0 Å². The molecular weight excluding hydrogens is 458 g/mol. The monoisotopic (exact) mass is 489 g/mol. The van der Waals surface area contributed by atoms with E-state index in [1.165, 1.54) is 6.08 Å². The van der Waals surface area contributed by atoms with Gasteiger partial charge in [0.15, 0.2) is 0 Å². The molecule has 188 valence electrons. The highest BCUT2D eigenvalue weighted by molar-refractivity contribution is 6.02. The largest absolute Gasteiger partial charge is 0.494 e. The molecule has 4 aromatic rings. The van der Waals surface area contributed by atoms with Crippen molar-refractivity contribution >= 4 is 40.0 Å². The number of nitrogens with zero attached hydrogens (tertiary/aromatic N) is 6. The van der Waals surface area contributed by atoms with Crippen LogP contribution in [0.3, 0.4) is 0 Å². The van der Waals surface area contributed by atoms with Crippen molar-refractivity contribution in [3.8, 4) is 17.0 Å². The van der Waals surface area contributed by atoms with Crippen molar-refractivity contribution in [1.82, 2.24) is 29.6 Å². The van der Waals surface area contributed by atoms with Gasteiger partial charge >= 0.3 is 0 Å². The Kier molecular flexibility index (Phi) is 7.20. The van der Waals surface area contributed by atoms with Crippen LogP contribution in [0.2, 0.25) is 0 Å². The number of carbonyl (C=O) groups excluding carboxylic acids is 1. The molecule has 0 spiro atoms. The highest BCUT2D eigenvalue weighted by atomic mass is 16.5. The Morgan fingerprint density at radius 1 is 1.22 bits per heavy atom. The van der Waals surface area contributed by atoms with Gasteiger partial charge in [0.05, 0.1) is 36.1 Å². The Labute approximate surface area is 209 Å². The highest BCUT2D eigenvalue weighted by Crippen LogP contribution is 2.38. The molecule has 1 amide bonds. The lowest BCUT2D eigenvalue weighted by Gasteiger charge is -2.26. The predicted molar refractivity (Wildman–Crippen MR) is 143 cm³/mol. The number of anilines is 4. The minimum absolute atomic E-state index is 0.309. The Morgan fingerprint density at radius 3 is 2.69 bits per heavy atom. The molecule has 0 saturated heterocycles. The standard InChI is InChI=1S/C25H31N9O2/c1-7-22(35)28-18-12-19(21(36-6)13-20(18)33(4)11-10-32(2)3)29-25-30-23(16-14-27-34(5)15-16)17-8-9-26-24(17)31-25/h7-9,12-15H,1,10-11H2,2-6H3,(H,28,35)(H2,26,29,30,31). The van der Waals surface area contributed by atoms with E-state index in [-0.39, 0.29) is 5.91 Å². The lowest BCUT2D eigenvalue weighted by molar-refractivity contribution is -0.111. The maximum Gasteiger partial charge on any atom is 0.247 e. The van der Waals surface area contributed by atoms with Crippen LogP contribution < -0.4 is 20.3 Å². The van der Waals surface area contributed by atoms with E-state index in [1.807, 2.05) is 58.8 Å². The molecule has 3 N–H and O–H groups in total. The van der Waals surface area contributed by atoms with E-state index in [0.717, 1.165) is 35.4 Å². The molecule has 11 heteroatoms. The summed E-state index contributed by atoms with van der Waals surface area (Å²) in [4.78, 5) is 28.9. The number of aromatic nitrogens is 5. The number of rotatable bonds is 10. The number of aromatic amines is 1. The number of likely N-dealkylation sites (N-methyl/N-ethyl adjacent to an activating group) is 2. The molecule has 0 radical (unpaired) electrons. The van der Waals surface area contributed by atoms with Crippen LogP contribution in [0.15, 0.2) is 49.4 Å². The Hall–Kier alpha value is -4.38. The molecule has 0 aliphatic heterocycles. The maximum absolute atomic E-state index is 12.2. The van der Waals surface area contributed by atoms with Crippen LogP contribution in [-0.2, 0) is 11.8 Å². The van der Waals surface area contributed by atoms with Crippen LogP contribution in [-0.4, -0.2) is 76.9 Å². The van der Waals surface area contributed by atoms with E-state index in [0.29, 0.717) is 28.7 Å². The van der Waals surface area contributed by atoms with E-state index in [2.05, 4.69) is 42.1 Å². The molecule has 3 aromatic heterocycles. The minimum atomic E-state index is -0.309. The number of H-pyrrole nitrogens is 1. The van der Waals surface area contributed by atoms with Crippen LogP contribution in [0.25, 0.3) is 22.3 Å². The van der Waals surface area contributed by atoms with E-state index in [9.17, 15) is 4.79 Å². The van der Waals surface area contributed by atoms with Crippen molar-refractivity contribution in [1.29, 1.82) is 0 Å². The molecule has 0 unspecified atom stereocenters. The Morgan fingerprint density at radius 2 is 2.03 bits per heavy atom. The third kappa shape index (κ3) is 5.31. The molecular formula is C25H31N9O2. The molecule has 0 aliphatic carbocycles. The predicted octanol–water partition coefficient (Wildman–Crippen LogP) is 3.23. The van der Waals surface area contributed by atoms with Gasteiger partial charge in [-0.25, -0.2) is 4.98 Å². The number of methoxy groups -OCH3 is 1. The first kappa shape index (κ1) is 24.7. The number of aryl methyl sites for hydroxylation is 1. The van der Waals surface area contributed by atoms with Crippen LogP contribution >= 0.6 is 0 Å². The second-order valence-electron chi connectivity index (χ2n) is 8.65. The first-order chi connectivity index (χ1) is 17.3. The average molecular weight is 490 g/mol. The number of hydrogen-bond acceptors (Lipinski definition) is 8. The third-order valence-corrected chi connectivity index (χ3v) is 5.70. The molecule has 1 aromatic carbocycles. The quantitative estimate of drug-likeness (QED) is 0.291. The lowest BCUT2D eigenvalue weighted by Crippen LogP contribution is -2.29. The first-order valence-electron chi connectivity index (χ1n) is 11.4. The average Bonchev–Trinajstić information content (AvgIpc) is 3.51. The summed E-state index contributed by atoms with van der Waals surface area (Å²) in [6.07, 6.45) is 6.73. The zero-order valence-electron chi connectivity index (χ0n) is 21.2. The summed E-state index contributed by atoms with van der Waals surface area (Å²) in [6, 6.07) is 5.63. The molecule has 0 bridgehead atoms. The molecule has 0 saturated carbocycles. The number of hydrogen-bond donors (Lipinski definition) is 3. The number of ether oxygens (including phenoxy) is 1. The zero-order valence-corrected chi connectivity index (χ0v) is 21.2. The van der Waals surface area contributed by atoms with Crippen molar-refractivity contribution in [2.45, 2.75) is 0 Å². The van der Waals surface area contributed by atoms with Gasteiger partial charge in [-0.2, -0.15) is 10.1 Å². The van der Waals surface area contributed by atoms with E-state index < -0.39 is 0 Å². The first-order valence-corrected chi connectivity index (χ1v) is 11.4. The van der Waals surface area contributed by atoms with Gasteiger partial charge in [-0.05, 0) is 32.3 Å². The van der Waals surface area contributed by atoms with Gasteiger partial charge in [0, 0.05) is 56.6 Å². The zero-order chi connectivity index (χ0) is 25.8. The highest BCUT2D eigenvalue weighted by Gasteiger charge is 2.18. The number of fused-ring (bicyclic) bond motifs is 1. The topological polar surface area (TPSA) is 116 Å². The number of nitrogens with one attached hydrogen (secondary N) is 3. The van der Waals surface area contributed by atoms with Crippen LogP contribution in [0.4, 0.5) is 23.0 Å². The summed E-state index contributed by atoms with van der Waals surface area (Å²) in [5.74, 6) is 0.643. The van der Waals surface area contributed by atoms with Gasteiger partial charge in [0.25, 0.3) is 0 Å². The second kappa shape index (κ2) is 10.5. The second-order valence-corrected chi connectivity index (χ2v) is 8.65. The van der Waals surface area contributed by atoms with Crippen molar-refractivity contribution in [3.05, 3.63) is 49.4 Å². The fourth-order valence-electron chi connectivity index (χ4n) is 3.79. The smallest absolute Gasteiger partial charge is 0.247 e. The Bertz CT molecular complexity index is 1390. The third-order valence-electron chi connectivity index (χ3n) is 5.70. The van der Waals surface area contributed by atoms with Crippen molar-refractivity contribution < 1.29 is 9.53 Å². The summed E-state index contributed by atoms with van der Waals surface area (Å²) in [5, 5.41) is 11.3. The minimum Gasteiger partial charge on any atom is -0.494 e. The number of benzene rings is 1. The normalized spacial score (nSPS) is 11.1. The molecule has 0 aliphatic rings. The SMILES string of the molecule is C=CC(=O)Nc1cc(Nc2nc(-c3cnn(C)c3)c3cc[nH]c3n2)c(OC)cc1N(C)CCN(C)C. The van der Waals surface area contributed by atoms with Gasteiger partial charge in [-0.15, -0.1) is 0 Å². The van der Waals surface area contributed by atoms with Gasteiger partial charge in [0.1, 0.15) is 11.4 Å². The molecule has 36 heavy (non-hydrogen) atoms. The fourth-order valence-corrected chi connectivity index (χ4v) is 3.79. The molecule has 4 rings (SSSR count). The van der Waals surface area contributed by atoms with Gasteiger partial charge in [-0.1, -0.05) is 6.58 Å². The van der Waals surface area contributed by atoms with Gasteiger partial charge in [-0.3, -0.25) is 9.48 Å². The molecule has 3 heterocycles. The van der Waals surface area contributed by atoms with Crippen molar-refractivity contribution in [3.63, 3.8) is 0 Å².